The molecule has 0 saturated carbocycles. The third-order valence-electron chi connectivity index (χ3n) is 2.24. The fourth-order valence-electron chi connectivity index (χ4n) is 1.49. The Kier molecular flexibility index (Phi) is 5.42. The molecule has 6 heteroatoms. The zero-order valence-corrected chi connectivity index (χ0v) is 10.5. The van der Waals surface area contributed by atoms with Crippen molar-refractivity contribution in [3.63, 3.8) is 0 Å². The fraction of sp³-hybridized carbons (Fsp3) is 0.364. The van der Waals surface area contributed by atoms with Gasteiger partial charge < -0.3 is 5.32 Å². The summed E-state index contributed by atoms with van der Waals surface area (Å²) in [6.45, 7) is 3.79. The molecule has 92 valence electrons. The lowest BCUT2D eigenvalue weighted by Gasteiger charge is -2.08. The number of aromatic nitrogens is 4. The second-order valence-corrected chi connectivity index (χ2v) is 3.54. The van der Waals surface area contributed by atoms with Crippen LogP contribution in [0.4, 0.5) is 5.82 Å². The van der Waals surface area contributed by atoms with Crippen LogP contribution in [0.1, 0.15) is 18.9 Å². The van der Waals surface area contributed by atoms with Gasteiger partial charge in [-0.2, -0.15) is 5.10 Å². The largest absolute Gasteiger partial charge is 0.366 e. The summed E-state index contributed by atoms with van der Waals surface area (Å²) < 4.78 is 1.96. The molecule has 0 aromatic carbocycles. The molecule has 0 amide bonds. The van der Waals surface area contributed by atoms with Crippen LogP contribution in [-0.4, -0.2) is 19.7 Å². The van der Waals surface area contributed by atoms with Crippen LogP contribution in [0.2, 0.25) is 0 Å². The normalized spacial score (nSPS) is 9.71. The predicted octanol–water partition coefficient (Wildman–Crippen LogP) is 2.12. The first-order valence-electron chi connectivity index (χ1n) is 5.39. The van der Waals surface area contributed by atoms with Crippen molar-refractivity contribution in [2.45, 2.75) is 26.4 Å². The summed E-state index contributed by atoms with van der Waals surface area (Å²) in [5, 5.41) is 7.56. The number of hydrogen-bond acceptors (Lipinski definition) is 4. The van der Waals surface area contributed by atoms with Crippen LogP contribution in [0.15, 0.2) is 31.0 Å². The van der Waals surface area contributed by atoms with Crippen LogP contribution in [0.25, 0.3) is 0 Å². The molecule has 0 bridgehead atoms. The van der Waals surface area contributed by atoms with E-state index in [1.807, 2.05) is 10.7 Å². The quantitative estimate of drug-likeness (QED) is 0.887. The maximum Gasteiger partial charge on any atom is 0.124 e. The molecule has 0 saturated heterocycles. The van der Waals surface area contributed by atoms with Gasteiger partial charge in [0.1, 0.15) is 12.1 Å². The zero-order chi connectivity index (χ0) is 11.2. The van der Waals surface area contributed by atoms with E-state index >= 15 is 0 Å². The summed E-state index contributed by atoms with van der Waals surface area (Å²) in [6.07, 6.45) is 8.02. The molecule has 0 aliphatic heterocycles. The average Bonchev–Trinajstić information content (AvgIpc) is 2.76. The Morgan fingerprint density at radius 2 is 2.06 bits per heavy atom. The molecule has 0 atom stereocenters. The van der Waals surface area contributed by atoms with Crippen LogP contribution in [-0.2, 0) is 13.1 Å². The van der Waals surface area contributed by atoms with Crippen molar-refractivity contribution in [2.75, 3.05) is 5.32 Å². The summed E-state index contributed by atoms with van der Waals surface area (Å²) in [5.41, 5.74) is 1.06. The molecule has 0 spiro atoms. The van der Waals surface area contributed by atoms with Gasteiger partial charge in [0.15, 0.2) is 0 Å². The van der Waals surface area contributed by atoms with Gasteiger partial charge >= 0.3 is 0 Å². The van der Waals surface area contributed by atoms with E-state index in [9.17, 15) is 0 Å². The summed E-state index contributed by atoms with van der Waals surface area (Å²) in [7, 11) is 0. The van der Waals surface area contributed by atoms with Crippen LogP contribution in [0.5, 0.6) is 0 Å². The number of halogens is 1. The lowest BCUT2D eigenvalue weighted by atomic mass is 10.3. The molecule has 17 heavy (non-hydrogen) atoms. The molecular formula is C11H16ClN5. The van der Waals surface area contributed by atoms with E-state index in [-0.39, 0.29) is 12.4 Å². The molecule has 2 aromatic heterocycles. The highest BCUT2D eigenvalue weighted by atomic mass is 35.5. The van der Waals surface area contributed by atoms with E-state index < -0.39 is 0 Å². The van der Waals surface area contributed by atoms with Gasteiger partial charge in [-0.25, -0.2) is 14.6 Å². The van der Waals surface area contributed by atoms with Crippen molar-refractivity contribution in [1.82, 2.24) is 19.7 Å². The second-order valence-electron chi connectivity index (χ2n) is 3.54. The molecule has 5 nitrogen and oxygen atoms in total. The van der Waals surface area contributed by atoms with Crippen molar-refractivity contribution in [1.29, 1.82) is 0 Å². The van der Waals surface area contributed by atoms with E-state index in [0.29, 0.717) is 0 Å². The zero-order valence-electron chi connectivity index (χ0n) is 9.71. The Bertz CT molecular complexity index is 428. The first-order valence-corrected chi connectivity index (χ1v) is 5.39. The van der Waals surface area contributed by atoms with Crippen molar-refractivity contribution in [2.24, 2.45) is 0 Å². The molecule has 2 rings (SSSR count). The molecule has 1 N–H and O–H groups in total. The van der Waals surface area contributed by atoms with E-state index in [4.69, 9.17) is 0 Å². The Morgan fingerprint density at radius 1 is 1.29 bits per heavy atom. The van der Waals surface area contributed by atoms with Gasteiger partial charge in [-0.05, 0) is 6.42 Å². The fourth-order valence-corrected chi connectivity index (χ4v) is 1.49. The number of nitrogens with one attached hydrogen (secondary N) is 1. The van der Waals surface area contributed by atoms with Gasteiger partial charge in [0.05, 0.1) is 6.20 Å². The number of aryl methyl sites for hydroxylation is 1. The Morgan fingerprint density at radius 3 is 2.76 bits per heavy atom. The van der Waals surface area contributed by atoms with Crippen molar-refractivity contribution >= 4 is 18.2 Å². The van der Waals surface area contributed by atoms with Gasteiger partial charge in [0.25, 0.3) is 0 Å². The van der Waals surface area contributed by atoms with E-state index in [1.165, 1.54) is 6.33 Å². The van der Waals surface area contributed by atoms with Crippen molar-refractivity contribution in [3.8, 4) is 0 Å². The monoisotopic (exact) mass is 253 g/mol. The highest BCUT2D eigenvalue weighted by molar-refractivity contribution is 5.85. The number of anilines is 1. The van der Waals surface area contributed by atoms with E-state index in [2.05, 4.69) is 27.3 Å². The number of nitrogens with zero attached hydrogens (tertiary/aromatic N) is 4. The summed E-state index contributed by atoms with van der Waals surface area (Å²) in [6, 6.07) is 1.97. The first kappa shape index (κ1) is 13.4. The van der Waals surface area contributed by atoms with E-state index in [1.54, 1.807) is 18.6 Å². The molecule has 0 unspecified atom stereocenters. The minimum Gasteiger partial charge on any atom is -0.366 e. The van der Waals surface area contributed by atoms with Crippen LogP contribution < -0.4 is 5.32 Å². The maximum absolute atomic E-state index is 4.24. The van der Waals surface area contributed by atoms with Gasteiger partial charge in [0.2, 0.25) is 0 Å². The van der Waals surface area contributed by atoms with Crippen LogP contribution in [0, 0.1) is 0 Å². The van der Waals surface area contributed by atoms with E-state index in [0.717, 1.165) is 30.9 Å². The topological polar surface area (TPSA) is 55.6 Å². The summed E-state index contributed by atoms with van der Waals surface area (Å²) in [4.78, 5) is 7.94. The molecule has 2 aromatic rings. The predicted molar refractivity (Wildman–Crippen MR) is 69.1 cm³/mol. The number of rotatable bonds is 5. The highest BCUT2D eigenvalue weighted by Crippen LogP contribution is 2.08. The lowest BCUT2D eigenvalue weighted by Crippen LogP contribution is -2.08. The molecular weight excluding hydrogens is 238 g/mol. The molecule has 0 aliphatic carbocycles. The third kappa shape index (κ3) is 3.71. The Balaban J connectivity index is 0.00000144. The maximum atomic E-state index is 4.24. The van der Waals surface area contributed by atoms with Crippen LogP contribution in [0.3, 0.4) is 0 Å². The minimum atomic E-state index is 0. The smallest absolute Gasteiger partial charge is 0.124 e. The Hall–Kier alpha value is -1.62. The third-order valence-corrected chi connectivity index (χ3v) is 2.24. The minimum absolute atomic E-state index is 0. The average molecular weight is 254 g/mol. The van der Waals surface area contributed by atoms with Gasteiger partial charge in [-0.1, -0.05) is 6.92 Å². The summed E-state index contributed by atoms with van der Waals surface area (Å²) in [5.74, 6) is 1.03. The van der Waals surface area contributed by atoms with Crippen LogP contribution >= 0.6 is 12.4 Å². The van der Waals surface area contributed by atoms with Gasteiger partial charge in [0, 0.05) is 37.1 Å². The molecule has 2 heterocycles. The second kappa shape index (κ2) is 6.85. The number of hydrogen-bond donors (Lipinski definition) is 1. The molecule has 0 radical (unpaired) electrons. The molecule has 0 aliphatic rings. The first-order chi connectivity index (χ1) is 7.90. The SMILES string of the molecule is CCCn1nccc1NCc1cncnc1.Cl. The molecule has 0 fully saturated rings. The van der Waals surface area contributed by atoms with Gasteiger partial charge in [-0.3, -0.25) is 0 Å². The standard InChI is InChI=1S/C11H15N5.ClH/c1-2-5-16-11(3-4-15-16)14-8-10-6-12-9-13-7-10;/h3-4,6-7,9,14H,2,5,8H2,1H3;1H. The summed E-state index contributed by atoms with van der Waals surface area (Å²) >= 11 is 0. The Labute approximate surface area is 107 Å². The lowest BCUT2D eigenvalue weighted by molar-refractivity contribution is 0.607. The van der Waals surface area contributed by atoms with Crippen molar-refractivity contribution < 1.29 is 0 Å². The van der Waals surface area contributed by atoms with Crippen molar-refractivity contribution in [3.05, 3.63) is 36.5 Å². The van der Waals surface area contributed by atoms with Gasteiger partial charge in [-0.15, -0.1) is 12.4 Å². The highest BCUT2D eigenvalue weighted by Gasteiger charge is 2.00.